The second-order valence-electron chi connectivity index (χ2n) is 5.35. The van der Waals surface area contributed by atoms with Crippen LogP contribution in [0.1, 0.15) is 17.2 Å². The van der Waals surface area contributed by atoms with Gasteiger partial charge in [0.05, 0.1) is 7.11 Å². The zero-order chi connectivity index (χ0) is 16.5. The fourth-order valence-electron chi connectivity index (χ4n) is 2.78. The minimum absolute atomic E-state index is 0.229. The highest BCUT2D eigenvalue weighted by atomic mass is 19.1. The molecule has 3 aromatic rings. The van der Waals surface area contributed by atoms with E-state index in [1.165, 1.54) is 12.1 Å². The van der Waals surface area contributed by atoms with E-state index in [4.69, 9.17) is 4.74 Å². The first-order valence-corrected chi connectivity index (χ1v) is 7.42. The molecular formula is C17H14FN5O. The minimum Gasteiger partial charge on any atom is -0.496 e. The number of methoxy groups -OCH3 is 1. The highest BCUT2D eigenvalue weighted by molar-refractivity contribution is 5.77. The maximum Gasteiger partial charge on any atom is 0.248 e. The molecule has 1 N–H and O–H groups in total. The van der Waals surface area contributed by atoms with Crippen LogP contribution in [0.3, 0.4) is 0 Å². The summed E-state index contributed by atoms with van der Waals surface area (Å²) in [7, 11) is 1.63. The predicted octanol–water partition coefficient (Wildman–Crippen LogP) is 2.88. The molecular weight excluding hydrogens is 309 g/mol. The zero-order valence-corrected chi connectivity index (χ0v) is 12.8. The smallest absolute Gasteiger partial charge is 0.248 e. The number of halogens is 1. The van der Waals surface area contributed by atoms with Gasteiger partial charge < -0.3 is 10.1 Å². The normalized spacial score (nSPS) is 16.1. The summed E-state index contributed by atoms with van der Waals surface area (Å²) in [5.41, 5.74) is 2.61. The molecule has 1 atom stereocenters. The number of benzene rings is 2. The molecule has 4 rings (SSSR count). The van der Waals surface area contributed by atoms with Gasteiger partial charge in [0, 0.05) is 11.3 Å². The van der Waals surface area contributed by atoms with Gasteiger partial charge in [-0.1, -0.05) is 23.3 Å². The van der Waals surface area contributed by atoms with Crippen molar-refractivity contribution in [3.63, 3.8) is 0 Å². The third-order valence-corrected chi connectivity index (χ3v) is 3.94. The Bertz CT molecular complexity index is 903. The Hall–Kier alpha value is -3.22. The Morgan fingerprint density at radius 2 is 1.92 bits per heavy atom. The number of tetrazole rings is 1. The zero-order valence-electron chi connectivity index (χ0n) is 12.8. The van der Waals surface area contributed by atoms with Crippen LogP contribution in [0.4, 0.5) is 10.3 Å². The lowest BCUT2D eigenvalue weighted by Crippen LogP contribution is -2.20. The monoisotopic (exact) mass is 323 g/mol. The van der Waals surface area contributed by atoms with Crippen molar-refractivity contribution in [2.24, 2.45) is 0 Å². The van der Waals surface area contributed by atoms with E-state index in [0.29, 0.717) is 5.95 Å². The van der Waals surface area contributed by atoms with E-state index in [2.05, 4.69) is 20.8 Å². The van der Waals surface area contributed by atoms with E-state index in [-0.39, 0.29) is 11.9 Å². The lowest BCUT2D eigenvalue weighted by atomic mass is 10.0. The number of ether oxygens (including phenoxy) is 1. The topological polar surface area (TPSA) is 64.9 Å². The SMILES string of the molecule is COc1ccccc1C1C=C(c2ccc(F)cc2)Nc2nnnn21. The number of fused-ring (bicyclic) bond motifs is 1. The number of hydrogen-bond acceptors (Lipinski definition) is 5. The Labute approximate surface area is 137 Å². The first-order valence-electron chi connectivity index (χ1n) is 7.42. The summed E-state index contributed by atoms with van der Waals surface area (Å²) in [6.07, 6.45) is 1.99. The summed E-state index contributed by atoms with van der Waals surface area (Å²) in [6.45, 7) is 0. The van der Waals surface area contributed by atoms with Gasteiger partial charge >= 0.3 is 0 Å². The van der Waals surface area contributed by atoms with Crippen molar-refractivity contribution in [2.75, 3.05) is 12.4 Å². The summed E-state index contributed by atoms with van der Waals surface area (Å²) in [6, 6.07) is 13.8. The molecule has 2 aromatic carbocycles. The number of hydrogen-bond donors (Lipinski definition) is 1. The second-order valence-corrected chi connectivity index (χ2v) is 5.35. The molecule has 0 saturated carbocycles. The minimum atomic E-state index is -0.277. The Balaban J connectivity index is 1.83. The molecule has 24 heavy (non-hydrogen) atoms. The van der Waals surface area contributed by atoms with Crippen molar-refractivity contribution < 1.29 is 9.13 Å². The molecule has 1 aromatic heterocycles. The van der Waals surface area contributed by atoms with Crippen LogP contribution in [0.15, 0.2) is 54.6 Å². The van der Waals surface area contributed by atoms with Gasteiger partial charge in [-0.3, -0.25) is 0 Å². The van der Waals surface area contributed by atoms with E-state index < -0.39 is 0 Å². The van der Waals surface area contributed by atoms with Crippen LogP contribution in [-0.2, 0) is 0 Å². The molecule has 0 radical (unpaired) electrons. The number of allylic oxidation sites excluding steroid dienone is 1. The molecule has 120 valence electrons. The second kappa shape index (κ2) is 5.77. The molecule has 0 amide bonds. The maximum atomic E-state index is 13.2. The van der Waals surface area contributed by atoms with E-state index in [1.807, 2.05) is 30.3 Å². The molecule has 0 aliphatic carbocycles. The van der Waals surface area contributed by atoms with Crippen LogP contribution in [0.25, 0.3) is 5.70 Å². The van der Waals surface area contributed by atoms with Crippen LogP contribution in [0, 0.1) is 5.82 Å². The van der Waals surface area contributed by atoms with Crippen LogP contribution < -0.4 is 10.1 Å². The average Bonchev–Trinajstić information content (AvgIpc) is 3.10. The molecule has 2 heterocycles. The molecule has 0 spiro atoms. The number of nitrogens with zero attached hydrogens (tertiary/aromatic N) is 4. The fourth-order valence-corrected chi connectivity index (χ4v) is 2.78. The quantitative estimate of drug-likeness (QED) is 0.803. The Morgan fingerprint density at radius 1 is 1.12 bits per heavy atom. The van der Waals surface area contributed by atoms with E-state index in [1.54, 1.807) is 23.9 Å². The van der Waals surface area contributed by atoms with Crippen molar-refractivity contribution >= 4 is 11.6 Å². The molecule has 1 aliphatic heterocycles. The number of anilines is 1. The first kappa shape index (κ1) is 14.4. The lowest BCUT2D eigenvalue weighted by molar-refractivity contribution is 0.403. The number of rotatable bonds is 3. The van der Waals surface area contributed by atoms with Gasteiger partial charge in [0.2, 0.25) is 5.95 Å². The summed E-state index contributed by atoms with van der Waals surface area (Å²) in [5.74, 6) is 0.995. The van der Waals surface area contributed by atoms with Crippen molar-refractivity contribution in [2.45, 2.75) is 6.04 Å². The van der Waals surface area contributed by atoms with Crippen LogP contribution in [0.2, 0.25) is 0 Å². The van der Waals surface area contributed by atoms with Crippen molar-refractivity contribution in [3.8, 4) is 5.75 Å². The van der Waals surface area contributed by atoms with Crippen molar-refractivity contribution in [1.29, 1.82) is 0 Å². The van der Waals surface area contributed by atoms with Gasteiger partial charge in [-0.25, -0.2) is 4.39 Å². The molecule has 7 heteroatoms. The van der Waals surface area contributed by atoms with Gasteiger partial charge in [0.25, 0.3) is 0 Å². The van der Waals surface area contributed by atoms with Gasteiger partial charge in [0.15, 0.2) is 0 Å². The van der Waals surface area contributed by atoms with E-state index in [0.717, 1.165) is 22.6 Å². The molecule has 1 aliphatic rings. The van der Waals surface area contributed by atoms with Crippen molar-refractivity contribution in [3.05, 3.63) is 71.6 Å². The van der Waals surface area contributed by atoms with Gasteiger partial charge in [-0.15, -0.1) is 0 Å². The van der Waals surface area contributed by atoms with Crippen LogP contribution in [-0.4, -0.2) is 27.3 Å². The molecule has 0 fully saturated rings. The molecule has 6 nitrogen and oxygen atoms in total. The van der Waals surface area contributed by atoms with E-state index >= 15 is 0 Å². The third kappa shape index (κ3) is 2.40. The number of aromatic nitrogens is 4. The van der Waals surface area contributed by atoms with Gasteiger partial charge in [-0.05, 0) is 52.4 Å². The lowest BCUT2D eigenvalue weighted by Gasteiger charge is -2.24. The maximum absolute atomic E-state index is 13.2. The highest BCUT2D eigenvalue weighted by Gasteiger charge is 2.26. The average molecular weight is 323 g/mol. The summed E-state index contributed by atoms with van der Waals surface area (Å²) < 4.78 is 20.3. The first-order chi connectivity index (χ1) is 11.8. The fraction of sp³-hybridized carbons (Fsp3) is 0.118. The summed E-state index contributed by atoms with van der Waals surface area (Å²) >= 11 is 0. The number of nitrogens with one attached hydrogen (secondary N) is 1. The molecule has 0 bridgehead atoms. The van der Waals surface area contributed by atoms with Crippen LogP contribution in [0.5, 0.6) is 5.75 Å². The summed E-state index contributed by atoms with van der Waals surface area (Å²) in [4.78, 5) is 0. The summed E-state index contributed by atoms with van der Waals surface area (Å²) in [5, 5.41) is 15.0. The number of para-hydroxylation sites is 1. The van der Waals surface area contributed by atoms with Crippen LogP contribution >= 0.6 is 0 Å². The highest BCUT2D eigenvalue weighted by Crippen LogP contribution is 2.35. The molecule has 0 saturated heterocycles. The molecule has 1 unspecified atom stereocenters. The Morgan fingerprint density at radius 3 is 2.71 bits per heavy atom. The predicted molar refractivity (Wildman–Crippen MR) is 86.9 cm³/mol. The van der Waals surface area contributed by atoms with Crippen molar-refractivity contribution in [1.82, 2.24) is 20.2 Å². The third-order valence-electron chi connectivity index (χ3n) is 3.94. The Kier molecular flexibility index (Phi) is 3.45. The van der Waals surface area contributed by atoms with E-state index in [9.17, 15) is 4.39 Å². The largest absolute Gasteiger partial charge is 0.496 e. The van der Waals surface area contributed by atoms with Gasteiger partial charge in [-0.2, -0.15) is 4.68 Å². The standard InChI is InChI=1S/C17H14FN5O/c1-24-16-5-3-2-4-13(16)15-10-14(11-6-8-12(18)9-7-11)19-17-20-21-22-23(15)17/h2-10,15H,1H3,(H,19,20,22). The van der Waals surface area contributed by atoms with Gasteiger partial charge in [0.1, 0.15) is 17.6 Å².